The van der Waals surface area contributed by atoms with Crippen molar-refractivity contribution in [2.75, 3.05) is 18.5 Å². The second-order valence-corrected chi connectivity index (χ2v) is 4.60. The van der Waals surface area contributed by atoms with Crippen molar-refractivity contribution in [2.45, 2.75) is 6.92 Å². The Morgan fingerprint density at radius 2 is 1.89 bits per heavy atom. The first-order valence-corrected chi connectivity index (χ1v) is 6.42. The molecule has 100 valence electrons. The highest BCUT2D eigenvalue weighted by Gasteiger charge is 2.07. The first kappa shape index (κ1) is 13.7. The van der Waals surface area contributed by atoms with Gasteiger partial charge in [0.2, 0.25) is 0 Å². The van der Waals surface area contributed by atoms with Crippen molar-refractivity contribution in [1.82, 2.24) is 0 Å². The van der Waals surface area contributed by atoms with Crippen molar-refractivity contribution in [3.05, 3.63) is 58.9 Å². The summed E-state index contributed by atoms with van der Waals surface area (Å²) in [6, 6.07) is 12.5. The lowest BCUT2D eigenvalue weighted by atomic mass is 10.2. The predicted octanol–water partition coefficient (Wildman–Crippen LogP) is 4.28. The van der Waals surface area contributed by atoms with E-state index in [0.29, 0.717) is 13.2 Å². The van der Waals surface area contributed by atoms with E-state index in [4.69, 9.17) is 16.3 Å². The molecule has 0 radical (unpaired) electrons. The third-order valence-electron chi connectivity index (χ3n) is 2.65. The smallest absolute Gasteiger partial charge is 0.173 e. The summed E-state index contributed by atoms with van der Waals surface area (Å²) < 4.78 is 18.8. The number of ether oxygens (including phenoxy) is 1. The van der Waals surface area contributed by atoms with Crippen molar-refractivity contribution in [2.24, 2.45) is 0 Å². The number of rotatable bonds is 5. The molecule has 0 unspecified atom stereocenters. The van der Waals surface area contributed by atoms with Gasteiger partial charge >= 0.3 is 0 Å². The molecule has 19 heavy (non-hydrogen) atoms. The van der Waals surface area contributed by atoms with E-state index in [1.807, 2.05) is 31.2 Å². The molecule has 2 rings (SSSR count). The Morgan fingerprint density at radius 1 is 1.16 bits per heavy atom. The van der Waals surface area contributed by atoms with Gasteiger partial charge in [0.15, 0.2) is 11.6 Å². The summed E-state index contributed by atoms with van der Waals surface area (Å²) in [6.07, 6.45) is 0. The lowest BCUT2D eigenvalue weighted by Crippen LogP contribution is -2.12. The van der Waals surface area contributed by atoms with Crippen LogP contribution in [0.2, 0.25) is 5.02 Å². The van der Waals surface area contributed by atoms with Crippen LogP contribution >= 0.6 is 11.6 Å². The number of aryl methyl sites for hydroxylation is 1. The molecule has 0 bridgehead atoms. The minimum Gasteiger partial charge on any atom is -0.487 e. The van der Waals surface area contributed by atoms with Crippen molar-refractivity contribution < 1.29 is 9.13 Å². The Balaban J connectivity index is 1.82. The van der Waals surface area contributed by atoms with Gasteiger partial charge in [-0.2, -0.15) is 0 Å². The Labute approximate surface area is 117 Å². The van der Waals surface area contributed by atoms with Gasteiger partial charge in [0.05, 0.1) is 5.02 Å². The third-order valence-corrected chi connectivity index (χ3v) is 2.95. The van der Waals surface area contributed by atoms with Crippen LogP contribution in [-0.4, -0.2) is 13.2 Å². The van der Waals surface area contributed by atoms with Gasteiger partial charge in [-0.1, -0.05) is 35.4 Å². The molecule has 2 nitrogen and oxygen atoms in total. The van der Waals surface area contributed by atoms with Crippen molar-refractivity contribution in [3.63, 3.8) is 0 Å². The Hall–Kier alpha value is -1.74. The normalized spacial score (nSPS) is 10.3. The van der Waals surface area contributed by atoms with Crippen LogP contribution < -0.4 is 10.1 Å². The van der Waals surface area contributed by atoms with E-state index < -0.39 is 5.82 Å². The van der Waals surface area contributed by atoms with Crippen LogP contribution in [0.1, 0.15) is 5.56 Å². The minimum absolute atomic E-state index is 0.106. The summed E-state index contributed by atoms with van der Waals surface area (Å²) >= 11 is 5.86. The van der Waals surface area contributed by atoms with Gasteiger partial charge in [-0.25, -0.2) is 4.39 Å². The summed E-state index contributed by atoms with van der Waals surface area (Å²) in [5.74, 6) is -0.335. The van der Waals surface area contributed by atoms with Crippen molar-refractivity contribution in [3.8, 4) is 5.75 Å². The molecule has 0 heterocycles. The second kappa shape index (κ2) is 6.43. The van der Waals surface area contributed by atoms with E-state index >= 15 is 0 Å². The van der Waals surface area contributed by atoms with Gasteiger partial charge in [-0.05, 0) is 31.2 Å². The number of hydrogen-bond acceptors (Lipinski definition) is 2. The molecular formula is C15H15ClFNO. The van der Waals surface area contributed by atoms with Gasteiger partial charge in [0, 0.05) is 12.2 Å². The molecule has 0 atom stereocenters. The van der Waals surface area contributed by atoms with E-state index in [-0.39, 0.29) is 10.8 Å². The highest BCUT2D eigenvalue weighted by Crippen LogP contribution is 2.26. The molecule has 0 fully saturated rings. The summed E-state index contributed by atoms with van der Waals surface area (Å²) in [6.45, 7) is 2.95. The molecular weight excluding hydrogens is 265 g/mol. The van der Waals surface area contributed by atoms with Crippen LogP contribution in [0.3, 0.4) is 0 Å². The van der Waals surface area contributed by atoms with E-state index in [9.17, 15) is 4.39 Å². The summed E-state index contributed by atoms with van der Waals surface area (Å²) in [4.78, 5) is 0. The van der Waals surface area contributed by atoms with Gasteiger partial charge in [-0.15, -0.1) is 0 Å². The van der Waals surface area contributed by atoms with E-state index in [0.717, 1.165) is 5.69 Å². The number of benzene rings is 2. The SMILES string of the molecule is Cc1ccc(NCCOc2c(F)cccc2Cl)cc1. The molecule has 0 aliphatic carbocycles. The van der Waals surface area contributed by atoms with Crippen molar-refractivity contribution >= 4 is 17.3 Å². The summed E-state index contributed by atoms with van der Waals surface area (Å²) in [5, 5.41) is 3.48. The van der Waals surface area contributed by atoms with E-state index in [1.165, 1.54) is 11.6 Å². The first-order chi connectivity index (χ1) is 9.16. The first-order valence-electron chi connectivity index (χ1n) is 6.04. The molecule has 0 aliphatic heterocycles. The van der Waals surface area contributed by atoms with Crippen LogP contribution in [0.25, 0.3) is 0 Å². The Bertz CT molecular complexity index is 522. The van der Waals surface area contributed by atoms with E-state index in [1.54, 1.807) is 12.1 Å². The zero-order chi connectivity index (χ0) is 13.7. The van der Waals surface area contributed by atoms with Crippen LogP contribution in [-0.2, 0) is 0 Å². The van der Waals surface area contributed by atoms with Crippen LogP contribution in [0, 0.1) is 12.7 Å². The summed E-state index contributed by atoms with van der Waals surface area (Å²) in [7, 11) is 0. The van der Waals surface area contributed by atoms with Gasteiger partial charge in [0.25, 0.3) is 0 Å². The number of hydrogen-bond donors (Lipinski definition) is 1. The number of para-hydroxylation sites is 1. The number of nitrogens with one attached hydrogen (secondary N) is 1. The molecule has 2 aromatic carbocycles. The topological polar surface area (TPSA) is 21.3 Å². The van der Waals surface area contributed by atoms with Crippen LogP contribution in [0.5, 0.6) is 5.75 Å². The fourth-order valence-corrected chi connectivity index (χ4v) is 1.86. The maximum absolute atomic E-state index is 13.4. The third kappa shape index (κ3) is 3.86. The minimum atomic E-state index is -0.442. The average molecular weight is 280 g/mol. The maximum Gasteiger partial charge on any atom is 0.173 e. The molecule has 0 saturated heterocycles. The van der Waals surface area contributed by atoms with Gasteiger partial charge < -0.3 is 10.1 Å². The largest absolute Gasteiger partial charge is 0.487 e. The lowest BCUT2D eigenvalue weighted by molar-refractivity contribution is 0.315. The fraction of sp³-hybridized carbons (Fsp3) is 0.200. The molecule has 0 saturated carbocycles. The lowest BCUT2D eigenvalue weighted by Gasteiger charge is -2.10. The van der Waals surface area contributed by atoms with Crippen LogP contribution in [0.4, 0.5) is 10.1 Å². The number of halogens is 2. The molecule has 0 aliphatic rings. The molecule has 0 spiro atoms. The fourth-order valence-electron chi connectivity index (χ4n) is 1.64. The van der Waals surface area contributed by atoms with E-state index in [2.05, 4.69) is 5.32 Å². The van der Waals surface area contributed by atoms with Gasteiger partial charge in [0.1, 0.15) is 6.61 Å². The molecule has 0 aromatic heterocycles. The van der Waals surface area contributed by atoms with Crippen molar-refractivity contribution in [1.29, 1.82) is 0 Å². The molecule has 0 amide bonds. The van der Waals surface area contributed by atoms with Gasteiger partial charge in [-0.3, -0.25) is 0 Å². The molecule has 1 N–H and O–H groups in total. The second-order valence-electron chi connectivity index (χ2n) is 4.19. The Morgan fingerprint density at radius 3 is 2.58 bits per heavy atom. The highest BCUT2D eigenvalue weighted by atomic mass is 35.5. The zero-order valence-corrected chi connectivity index (χ0v) is 11.4. The summed E-state index contributed by atoms with van der Waals surface area (Å²) in [5.41, 5.74) is 2.22. The average Bonchev–Trinajstić information content (AvgIpc) is 2.39. The van der Waals surface area contributed by atoms with Crippen LogP contribution in [0.15, 0.2) is 42.5 Å². The number of anilines is 1. The highest BCUT2D eigenvalue weighted by molar-refractivity contribution is 6.32. The molecule has 4 heteroatoms. The maximum atomic E-state index is 13.4. The molecule has 2 aromatic rings. The Kier molecular flexibility index (Phi) is 4.63. The zero-order valence-electron chi connectivity index (χ0n) is 10.6. The predicted molar refractivity (Wildman–Crippen MR) is 76.6 cm³/mol. The standard InChI is InChI=1S/C15H15ClFNO/c1-11-5-7-12(8-6-11)18-9-10-19-15-13(16)3-2-4-14(15)17/h2-8,18H,9-10H2,1H3. The monoisotopic (exact) mass is 279 g/mol. The quantitative estimate of drug-likeness (QED) is 0.825.